The molecule has 1 fully saturated rings. The molecule has 2 aromatic rings. The van der Waals surface area contributed by atoms with Crippen molar-refractivity contribution in [1.82, 2.24) is 16.0 Å². The number of guanidine groups is 1. The maximum Gasteiger partial charge on any atom is 0.251 e. The number of nitrogens with zero attached hydrogens (tertiary/aromatic N) is 2. The summed E-state index contributed by atoms with van der Waals surface area (Å²) in [4.78, 5) is 18.1. The first-order valence-electron chi connectivity index (χ1n) is 10.6. The lowest BCUT2D eigenvalue weighted by molar-refractivity contribution is 0.0963. The van der Waals surface area contributed by atoms with Crippen LogP contribution in [-0.4, -0.2) is 51.1 Å². The number of aliphatic imine (C=N–C) groups is 1. The molecule has 1 aliphatic heterocycles. The Hall–Kier alpha value is -3.16. The van der Waals surface area contributed by atoms with Crippen molar-refractivity contribution in [1.29, 1.82) is 0 Å². The zero-order chi connectivity index (χ0) is 22.2. The van der Waals surface area contributed by atoms with E-state index in [1.807, 2.05) is 25.1 Å². The Balaban J connectivity index is 1.59. The minimum absolute atomic E-state index is 0.0322. The minimum atomic E-state index is -0.541. The van der Waals surface area contributed by atoms with Crippen LogP contribution in [0, 0.1) is 11.6 Å². The van der Waals surface area contributed by atoms with Crippen LogP contribution in [0.15, 0.2) is 47.5 Å². The Kier molecular flexibility index (Phi) is 7.81. The van der Waals surface area contributed by atoms with Gasteiger partial charge in [0.1, 0.15) is 17.3 Å². The van der Waals surface area contributed by atoms with Crippen molar-refractivity contribution in [3.63, 3.8) is 0 Å². The molecule has 166 valence electrons. The van der Waals surface area contributed by atoms with Crippen molar-refractivity contribution in [2.45, 2.75) is 25.8 Å². The Morgan fingerprint density at radius 3 is 2.65 bits per heavy atom. The molecule has 0 radical (unpaired) electrons. The van der Waals surface area contributed by atoms with Crippen molar-refractivity contribution in [2.75, 3.05) is 38.1 Å². The number of amides is 1. The number of benzene rings is 2. The lowest BCUT2D eigenvalue weighted by atomic mass is 10.1. The van der Waals surface area contributed by atoms with E-state index in [0.29, 0.717) is 44.1 Å². The summed E-state index contributed by atoms with van der Waals surface area (Å²) in [6.07, 6.45) is 1.45. The SMILES string of the molecule is CCNC(=NCCc1cccc(C(=O)NC)c1)NC1CCN(c2c(F)cccc2F)C1. The van der Waals surface area contributed by atoms with Gasteiger partial charge in [0.15, 0.2) is 5.96 Å². The molecule has 0 bridgehead atoms. The van der Waals surface area contributed by atoms with Gasteiger partial charge in [-0.1, -0.05) is 18.2 Å². The van der Waals surface area contributed by atoms with Gasteiger partial charge in [0.2, 0.25) is 0 Å². The van der Waals surface area contributed by atoms with E-state index in [9.17, 15) is 13.6 Å². The van der Waals surface area contributed by atoms with Gasteiger partial charge in [-0.2, -0.15) is 0 Å². The summed E-state index contributed by atoms with van der Waals surface area (Å²) in [6, 6.07) is 11.5. The molecule has 1 amide bonds. The van der Waals surface area contributed by atoms with Gasteiger partial charge >= 0.3 is 0 Å². The lowest BCUT2D eigenvalue weighted by Crippen LogP contribution is -2.44. The molecule has 8 heteroatoms. The Labute approximate surface area is 181 Å². The van der Waals surface area contributed by atoms with E-state index in [1.165, 1.54) is 18.2 Å². The van der Waals surface area contributed by atoms with Crippen LogP contribution in [0.2, 0.25) is 0 Å². The predicted octanol–water partition coefficient (Wildman–Crippen LogP) is 2.70. The first kappa shape index (κ1) is 22.5. The van der Waals surface area contributed by atoms with Crippen molar-refractivity contribution in [3.05, 3.63) is 65.2 Å². The van der Waals surface area contributed by atoms with Gasteiger partial charge in [0.05, 0.1) is 0 Å². The third-order valence-electron chi connectivity index (χ3n) is 5.21. The molecule has 2 aromatic carbocycles. The first-order valence-corrected chi connectivity index (χ1v) is 10.6. The van der Waals surface area contributed by atoms with Crippen LogP contribution >= 0.6 is 0 Å². The van der Waals surface area contributed by atoms with Crippen LogP contribution in [0.25, 0.3) is 0 Å². The maximum atomic E-state index is 14.1. The number of anilines is 1. The molecular formula is C23H29F2N5O. The highest BCUT2D eigenvalue weighted by atomic mass is 19.1. The van der Waals surface area contributed by atoms with Gasteiger partial charge < -0.3 is 20.9 Å². The van der Waals surface area contributed by atoms with Gasteiger partial charge in [0, 0.05) is 44.8 Å². The second-order valence-electron chi connectivity index (χ2n) is 7.44. The van der Waals surface area contributed by atoms with Gasteiger partial charge in [0.25, 0.3) is 5.91 Å². The van der Waals surface area contributed by atoms with Crippen molar-refractivity contribution < 1.29 is 13.6 Å². The summed E-state index contributed by atoms with van der Waals surface area (Å²) < 4.78 is 28.2. The molecule has 1 heterocycles. The molecule has 0 aliphatic carbocycles. The van der Waals surface area contributed by atoms with Crippen LogP contribution in [-0.2, 0) is 6.42 Å². The number of rotatable bonds is 7. The maximum absolute atomic E-state index is 14.1. The number of halogens is 2. The van der Waals surface area contributed by atoms with Crippen molar-refractivity contribution in [2.24, 2.45) is 4.99 Å². The Morgan fingerprint density at radius 2 is 1.94 bits per heavy atom. The topological polar surface area (TPSA) is 68.8 Å². The fourth-order valence-electron chi connectivity index (χ4n) is 3.69. The summed E-state index contributed by atoms with van der Waals surface area (Å²) in [7, 11) is 1.61. The molecule has 0 spiro atoms. The molecule has 1 unspecified atom stereocenters. The van der Waals surface area contributed by atoms with E-state index in [0.717, 1.165) is 12.0 Å². The summed E-state index contributed by atoms with van der Waals surface area (Å²) in [5.41, 5.74) is 1.69. The normalized spacial score (nSPS) is 16.3. The molecule has 1 saturated heterocycles. The van der Waals surface area contributed by atoms with E-state index in [1.54, 1.807) is 18.0 Å². The minimum Gasteiger partial charge on any atom is -0.365 e. The van der Waals surface area contributed by atoms with Crippen LogP contribution < -0.4 is 20.9 Å². The van der Waals surface area contributed by atoms with Gasteiger partial charge in [-0.05, 0) is 49.6 Å². The highest BCUT2D eigenvalue weighted by Crippen LogP contribution is 2.26. The quantitative estimate of drug-likeness (QED) is 0.468. The first-order chi connectivity index (χ1) is 15.0. The van der Waals surface area contributed by atoms with Crippen LogP contribution in [0.3, 0.4) is 0 Å². The third kappa shape index (κ3) is 5.93. The number of nitrogens with one attached hydrogen (secondary N) is 3. The van der Waals surface area contributed by atoms with Crippen LogP contribution in [0.4, 0.5) is 14.5 Å². The van der Waals surface area contributed by atoms with E-state index in [2.05, 4.69) is 20.9 Å². The molecule has 31 heavy (non-hydrogen) atoms. The van der Waals surface area contributed by atoms with Crippen LogP contribution in [0.1, 0.15) is 29.3 Å². The Bertz CT molecular complexity index is 914. The average molecular weight is 430 g/mol. The average Bonchev–Trinajstić information content (AvgIpc) is 3.21. The molecule has 6 nitrogen and oxygen atoms in total. The molecule has 0 saturated carbocycles. The summed E-state index contributed by atoms with van der Waals surface area (Å²) in [5, 5.41) is 9.21. The zero-order valence-corrected chi connectivity index (χ0v) is 17.9. The molecule has 0 aromatic heterocycles. The monoisotopic (exact) mass is 429 g/mol. The summed E-state index contributed by atoms with van der Waals surface area (Å²) in [6.45, 7) is 4.30. The van der Waals surface area contributed by atoms with E-state index in [4.69, 9.17) is 0 Å². The van der Waals surface area contributed by atoms with Gasteiger partial charge in [-0.3, -0.25) is 9.79 Å². The predicted molar refractivity (Wildman–Crippen MR) is 120 cm³/mol. The number of carbonyl (C=O) groups is 1. The fourth-order valence-corrected chi connectivity index (χ4v) is 3.69. The van der Waals surface area contributed by atoms with E-state index < -0.39 is 11.6 Å². The highest BCUT2D eigenvalue weighted by molar-refractivity contribution is 5.94. The lowest BCUT2D eigenvalue weighted by Gasteiger charge is -2.21. The molecule has 3 N–H and O–H groups in total. The summed E-state index contributed by atoms with van der Waals surface area (Å²) in [5.74, 6) is -0.524. The molecular weight excluding hydrogens is 400 g/mol. The second kappa shape index (κ2) is 10.7. The Morgan fingerprint density at radius 1 is 1.19 bits per heavy atom. The summed E-state index contributed by atoms with van der Waals surface area (Å²) >= 11 is 0. The molecule has 1 atom stereocenters. The van der Waals surface area contributed by atoms with Crippen molar-refractivity contribution >= 4 is 17.6 Å². The van der Waals surface area contributed by atoms with Crippen LogP contribution in [0.5, 0.6) is 0 Å². The third-order valence-corrected chi connectivity index (χ3v) is 5.21. The number of para-hydroxylation sites is 1. The fraction of sp³-hybridized carbons (Fsp3) is 0.391. The smallest absolute Gasteiger partial charge is 0.251 e. The molecule has 1 aliphatic rings. The number of carbonyl (C=O) groups excluding carboxylic acids is 1. The highest BCUT2D eigenvalue weighted by Gasteiger charge is 2.27. The van der Waals surface area contributed by atoms with Gasteiger partial charge in [-0.25, -0.2) is 8.78 Å². The van der Waals surface area contributed by atoms with E-state index >= 15 is 0 Å². The number of hydrogen-bond donors (Lipinski definition) is 3. The zero-order valence-electron chi connectivity index (χ0n) is 17.9. The largest absolute Gasteiger partial charge is 0.365 e. The number of hydrogen-bond acceptors (Lipinski definition) is 3. The van der Waals surface area contributed by atoms with Crippen molar-refractivity contribution in [3.8, 4) is 0 Å². The molecule has 3 rings (SSSR count). The van der Waals surface area contributed by atoms with Gasteiger partial charge in [-0.15, -0.1) is 0 Å². The van der Waals surface area contributed by atoms with E-state index in [-0.39, 0.29) is 17.6 Å². The second-order valence-corrected chi connectivity index (χ2v) is 7.44. The standard InChI is InChI=1S/C23H29F2N5O/c1-3-27-23(28-12-10-16-6-4-7-17(14-16)22(31)26-2)29-18-11-13-30(15-18)21-19(24)8-5-9-20(21)25/h4-9,14,18H,3,10-13,15H2,1-2H3,(H,26,31)(H2,27,28,29).